The van der Waals surface area contributed by atoms with E-state index in [0.29, 0.717) is 29.2 Å². The lowest BCUT2D eigenvalue weighted by Gasteiger charge is -2.06. The number of furan rings is 1. The summed E-state index contributed by atoms with van der Waals surface area (Å²) in [6.07, 6.45) is 1.55. The molecule has 0 bridgehead atoms. The topological polar surface area (TPSA) is 107 Å². The van der Waals surface area contributed by atoms with Crippen molar-refractivity contribution < 1.29 is 14.3 Å². The van der Waals surface area contributed by atoms with Gasteiger partial charge in [0.15, 0.2) is 5.69 Å². The molecule has 0 unspecified atom stereocenters. The van der Waals surface area contributed by atoms with E-state index in [0.717, 1.165) is 0 Å². The Labute approximate surface area is 119 Å². The molecule has 0 amide bonds. The fraction of sp³-hybridized carbons (Fsp3) is 0.0714. The molecule has 0 atom stereocenters. The van der Waals surface area contributed by atoms with E-state index in [1.807, 2.05) is 0 Å². The van der Waals surface area contributed by atoms with E-state index in [1.54, 1.807) is 42.7 Å². The van der Waals surface area contributed by atoms with Crippen molar-refractivity contribution in [2.45, 2.75) is 6.54 Å². The summed E-state index contributed by atoms with van der Waals surface area (Å²) in [7, 11) is 0. The van der Waals surface area contributed by atoms with Gasteiger partial charge in [-0.3, -0.25) is 0 Å². The smallest absolute Gasteiger partial charge is 0.358 e. The van der Waals surface area contributed by atoms with Crippen LogP contribution in [0.3, 0.4) is 0 Å². The number of nitrogens with zero attached hydrogens (tertiary/aromatic N) is 3. The Kier molecular flexibility index (Phi) is 3.15. The second-order valence-electron chi connectivity index (χ2n) is 4.45. The fourth-order valence-corrected chi connectivity index (χ4v) is 2.04. The molecule has 1 aromatic carbocycles. The molecule has 3 aromatic rings. The van der Waals surface area contributed by atoms with Gasteiger partial charge >= 0.3 is 5.97 Å². The molecule has 3 N–H and O–H groups in total. The molecule has 21 heavy (non-hydrogen) atoms. The van der Waals surface area contributed by atoms with Gasteiger partial charge in [0.05, 0.1) is 6.26 Å². The zero-order chi connectivity index (χ0) is 14.8. The minimum Gasteiger partial charge on any atom is -0.476 e. The second kappa shape index (κ2) is 5.12. The average Bonchev–Trinajstić information content (AvgIpc) is 3.10. The van der Waals surface area contributed by atoms with Crippen LogP contribution in [0.5, 0.6) is 0 Å². The minimum absolute atomic E-state index is 0.105. The van der Waals surface area contributed by atoms with Crippen molar-refractivity contribution in [3.8, 4) is 11.3 Å². The van der Waals surface area contributed by atoms with Crippen molar-refractivity contribution in [3.05, 3.63) is 54.1 Å². The van der Waals surface area contributed by atoms with E-state index in [1.165, 1.54) is 4.68 Å². The van der Waals surface area contributed by atoms with Crippen LogP contribution < -0.4 is 5.73 Å². The lowest BCUT2D eigenvalue weighted by atomic mass is 10.1. The predicted octanol–water partition coefficient (Wildman–Crippen LogP) is 1.87. The van der Waals surface area contributed by atoms with Gasteiger partial charge in [-0.05, 0) is 24.3 Å². The first-order chi connectivity index (χ1) is 10.1. The van der Waals surface area contributed by atoms with Crippen LogP contribution in [-0.4, -0.2) is 26.1 Å². The number of hydrogen-bond donors (Lipinski definition) is 2. The highest BCUT2D eigenvalue weighted by Gasteiger charge is 2.21. The van der Waals surface area contributed by atoms with Gasteiger partial charge in [0.2, 0.25) is 0 Å². The molecule has 106 valence electrons. The lowest BCUT2D eigenvalue weighted by molar-refractivity contribution is 0.0691. The molecule has 0 saturated carbocycles. The van der Waals surface area contributed by atoms with Crippen LogP contribution in [-0.2, 0) is 6.54 Å². The number of aromatic carboxylic acids is 1. The lowest BCUT2D eigenvalue weighted by Crippen LogP contribution is -2.05. The molecule has 0 aliphatic rings. The van der Waals surface area contributed by atoms with Crippen LogP contribution in [0.25, 0.3) is 11.3 Å². The van der Waals surface area contributed by atoms with Crippen LogP contribution in [0.1, 0.15) is 16.2 Å². The number of nitrogen functional groups attached to an aromatic ring is 1. The third kappa shape index (κ3) is 2.48. The van der Waals surface area contributed by atoms with Crippen molar-refractivity contribution in [1.29, 1.82) is 0 Å². The molecule has 0 spiro atoms. The summed E-state index contributed by atoms with van der Waals surface area (Å²) in [6.45, 7) is 0.299. The van der Waals surface area contributed by atoms with Crippen LogP contribution in [0.2, 0.25) is 0 Å². The molecule has 7 heteroatoms. The number of anilines is 1. The van der Waals surface area contributed by atoms with Crippen molar-refractivity contribution in [2.75, 3.05) is 5.73 Å². The van der Waals surface area contributed by atoms with Crippen molar-refractivity contribution in [3.63, 3.8) is 0 Å². The third-order valence-electron chi connectivity index (χ3n) is 3.01. The van der Waals surface area contributed by atoms with E-state index >= 15 is 0 Å². The molecular formula is C14H12N4O3. The van der Waals surface area contributed by atoms with Gasteiger partial charge in [-0.25, -0.2) is 9.48 Å². The summed E-state index contributed by atoms with van der Waals surface area (Å²) in [6, 6.07) is 10.4. The van der Waals surface area contributed by atoms with Crippen LogP contribution in [0.15, 0.2) is 47.1 Å². The fourth-order valence-electron chi connectivity index (χ4n) is 2.04. The average molecular weight is 284 g/mol. The molecule has 0 aliphatic carbocycles. The van der Waals surface area contributed by atoms with Gasteiger partial charge < -0.3 is 15.3 Å². The van der Waals surface area contributed by atoms with Gasteiger partial charge in [0.1, 0.15) is 18.0 Å². The maximum atomic E-state index is 11.3. The van der Waals surface area contributed by atoms with Crippen molar-refractivity contribution in [2.24, 2.45) is 0 Å². The molecule has 0 aliphatic heterocycles. The van der Waals surface area contributed by atoms with Crippen molar-refractivity contribution in [1.82, 2.24) is 15.0 Å². The number of carboxylic acid groups (broad SMARTS) is 1. The molecule has 0 radical (unpaired) electrons. The number of carbonyl (C=O) groups is 1. The third-order valence-corrected chi connectivity index (χ3v) is 3.01. The Morgan fingerprint density at radius 1 is 1.29 bits per heavy atom. The summed E-state index contributed by atoms with van der Waals surface area (Å²) in [5, 5.41) is 16.9. The number of aromatic nitrogens is 3. The summed E-state index contributed by atoms with van der Waals surface area (Å²) < 4.78 is 6.75. The second-order valence-corrected chi connectivity index (χ2v) is 4.45. The molecule has 2 aromatic heterocycles. The highest BCUT2D eigenvalue weighted by molar-refractivity contribution is 5.92. The summed E-state index contributed by atoms with van der Waals surface area (Å²) >= 11 is 0. The Hall–Kier alpha value is -3.09. The summed E-state index contributed by atoms with van der Waals surface area (Å²) in [5.41, 5.74) is 7.24. The van der Waals surface area contributed by atoms with E-state index in [9.17, 15) is 9.90 Å². The predicted molar refractivity (Wildman–Crippen MR) is 74.6 cm³/mol. The first-order valence-corrected chi connectivity index (χ1v) is 6.20. The van der Waals surface area contributed by atoms with E-state index in [-0.39, 0.29) is 5.69 Å². The molecule has 0 saturated heterocycles. The Morgan fingerprint density at radius 3 is 2.67 bits per heavy atom. The first-order valence-electron chi connectivity index (χ1n) is 6.20. The Bertz CT molecular complexity index is 760. The monoisotopic (exact) mass is 284 g/mol. The SMILES string of the molecule is Nc1ccc(-c2c(C(=O)O)nnn2Cc2ccco2)cc1. The van der Waals surface area contributed by atoms with Crippen LogP contribution in [0.4, 0.5) is 5.69 Å². The standard InChI is InChI=1S/C14H12N4O3/c15-10-5-3-9(4-6-10)13-12(14(19)20)16-17-18(13)8-11-2-1-7-21-11/h1-7H,8,15H2,(H,19,20). The van der Waals surface area contributed by atoms with E-state index in [2.05, 4.69) is 10.3 Å². The van der Waals surface area contributed by atoms with Gasteiger partial charge in [-0.1, -0.05) is 17.3 Å². The van der Waals surface area contributed by atoms with Crippen LogP contribution >= 0.6 is 0 Å². The maximum absolute atomic E-state index is 11.3. The normalized spacial score (nSPS) is 10.7. The van der Waals surface area contributed by atoms with E-state index < -0.39 is 5.97 Å². The first kappa shape index (κ1) is 12.9. The summed E-state index contributed by atoms with van der Waals surface area (Å²) in [5.74, 6) is -0.471. The highest BCUT2D eigenvalue weighted by atomic mass is 16.4. The number of carboxylic acids is 1. The molecule has 0 fully saturated rings. The van der Waals surface area contributed by atoms with Gasteiger partial charge in [0, 0.05) is 11.3 Å². The largest absolute Gasteiger partial charge is 0.476 e. The van der Waals surface area contributed by atoms with Crippen molar-refractivity contribution >= 4 is 11.7 Å². The molecule has 3 rings (SSSR count). The number of hydrogen-bond acceptors (Lipinski definition) is 5. The van der Waals surface area contributed by atoms with Crippen LogP contribution in [0, 0.1) is 0 Å². The molecule has 7 nitrogen and oxygen atoms in total. The van der Waals surface area contributed by atoms with Gasteiger partial charge in [-0.2, -0.15) is 0 Å². The molecule has 2 heterocycles. The van der Waals surface area contributed by atoms with Gasteiger partial charge in [-0.15, -0.1) is 5.10 Å². The maximum Gasteiger partial charge on any atom is 0.358 e. The zero-order valence-corrected chi connectivity index (χ0v) is 10.9. The quantitative estimate of drug-likeness (QED) is 0.708. The number of rotatable bonds is 4. The highest BCUT2D eigenvalue weighted by Crippen LogP contribution is 2.24. The van der Waals surface area contributed by atoms with Gasteiger partial charge in [0.25, 0.3) is 0 Å². The number of nitrogens with two attached hydrogens (primary N) is 1. The summed E-state index contributed by atoms with van der Waals surface area (Å²) in [4.78, 5) is 11.3. The Morgan fingerprint density at radius 2 is 2.05 bits per heavy atom. The zero-order valence-electron chi connectivity index (χ0n) is 10.9. The van der Waals surface area contributed by atoms with E-state index in [4.69, 9.17) is 10.2 Å². The number of benzene rings is 1. The molecular weight excluding hydrogens is 272 g/mol. The Balaban J connectivity index is 2.08. The minimum atomic E-state index is -1.13.